The largest absolute Gasteiger partial charge is 0.352 e. The highest BCUT2D eigenvalue weighted by molar-refractivity contribution is 7.89. The van der Waals surface area contributed by atoms with Crippen LogP contribution < -0.4 is 5.32 Å². The van der Waals surface area contributed by atoms with Crippen LogP contribution in [0, 0.1) is 5.92 Å². The summed E-state index contributed by atoms with van der Waals surface area (Å²) in [6.07, 6.45) is 4.98. The molecule has 0 saturated carbocycles. The van der Waals surface area contributed by atoms with Gasteiger partial charge in [0.25, 0.3) is 5.91 Å². The van der Waals surface area contributed by atoms with Crippen molar-refractivity contribution in [3.63, 3.8) is 0 Å². The second-order valence-electron chi connectivity index (χ2n) is 7.54. The van der Waals surface area contributed by atoms with Crippen LogP contribution in [0.5, 0.6) is 0 Å². The zero-order chi connectivity index (χ0) is 19.4. The van der Waals surface area contributed by atoms with Gasteiger partial charge in [0.2, 0.25) is 10.0 Å². The van der Waals surface area contributed by atoms with E-state index in [1.165, 1.54) is 22.5 Å². The van der Waals surface area contributed by atoms with Gasteiger partial charge in [-0.05, 0) is 76.4 Å². The summed E-state index contributed by atoms with van der Waals surface area (Å²) in [5.41, 5.74) is 0.223. The Bertz CT molecular complexity index is 770. The Morgan fingerprint density at radius 1 is 1.19 bits per heavy atom. The van der Waals surface area contributed by atoms with Crippen molar-refractivity contribution in [3.8, 4) is 0 Å². The van der Waals surface area contributed by atoms with Crippen LogP contribution in [0.3, 0.4) is 0 Å². The zero-order valence-electron chi connectivity index (χ0n) is 15.8. The normalized spacial score (nSPS) is 20.1. The fraction of sp³-hybridized carbons (Fsp3) is 0.632. The van der Waals surface area contributed by atoms with Crippen LogP contribution in [0.25, 0.3) is 0 Å². The first kappa shape index (κ1) is 20.6. The molecular formula is C19H28ClN3O3S. The molecule has 2 saturated heterocycles. The molecule has 0 spiro atoms. The smallest absolute Gasteiger partial charge is 0.252 e. The lowest BCUT2D eigenvalue weighted by Crippen LogP contribution is -2.33. The van der Waals surface area contributed by atoms with Crippen molar-refractivity contribution in [2.75, 3.05) is 39.8 Å². The third kappa shape index (κ3) is 5.02. The monoisotopic (exact) mass is 413 g/mol. The molecule has 27 heavy (non-hydrogen) atoms. The Morgan fingerprint density at radius 2 is 1.85 bits per heavy atom. The molecular weight excluding hydrogens is 386 g/mol. The molecule has 1 amide bonds. The van der Waals surface area contributed by atoms with Gasteiger partial charge in [0.05, 0.1) is 15.5 Å². The summed E-state index contributed by atoms with van der Waals surface area (Å²) in [6, 6.07) is 4.38. The highest BCUT2D eigenvalue weighted by Crippen LogP contribution is 2.25. The van der Waals surface area contributed by atoms with E-state index in [9.17, 15) is 13.2 Å². The number of hydrogen-bond acceptors (Lipinski definition) is 4. The van der Waals surface area contributed by atoms with Crippen molar-refractivity contribution in [2.45, 2.75) is 37.0 Å². The summed E-state index contributed by atoms with van der Waals surface area (Å²) in [5.74, 6) is 0.310. The van der Waals surface area contributed by atoms with Gasteiger partial charge in [-0.2, -0.15) is 4.31 Å². The van der Waals surface area contributed by atoms with E-state index in [1.807, 2.05) is 0 Å². The number of likely N-dealkylation sites (tertiary alicyclic amines) is 1. The molecule has 2 heterocycles. The van der Waals surface area contributed by atoms with E-state index < -0.39 is 10.0 Å². The van der Waals surface area contributed by atoms with E-state index in [1.54, 1.807) is 0 Å². The lowest BCUT2D eigenvalue weighted by atomic mass is 9.94. The summed E-state index contributed by atoms with van der Waals surface area (Å²) in [5, 5.41) is 3.17. The molecule has 3 rings (SSSR count). The molecule has 1 aromatic rings. The third-order valence-electron chi connectivity index (χ3n) is 5.56. The van der Waals surface area contributed by atoms with Crippen LogP contribution in [0.4, 0.5) is 0 Å². The Labute approximate surface area is 166 Å². The van der Waals surface area contributed by atoms with Gasteiger partial charge in [0, 0.05) is 19.6 Å². The molecule has 2 aliphatic rings. The molecule has 2 fully saturated rings. The van der Waals surface area contributed by atoms with Crippen molar-refractivity contribution in [3.05, 3.63) is 28.8 Å². The standard InChI is InChI=1S/C19H28ClN3O3S/c1-22-12-7-15(8-13-22)6-9-21-19(24)17-14-16(4-5-18(17)20)27(25,26)23-10-2-3-11-23/h4-5,14-15H,2-3,6-13H2,1H3,(H,21,24). The molecule has 150 valence electrons. The fourth-order valence-corrected chi connectivity index (χ4v) is 5.50. The van der Waals surface area contributed by atoms with Crippen molar-refractivity contribution in [2.24, 2.45) is 5.92 Å². The fourth-order valence-electron chi connectivity index (χ4n) is 3.75. The summed E-state index contributed by atoms with van der Waals surface area (Å²) >= 11 is 6.17. The number of carbonyl (C=O) groups excluding carboxylic acids is 1. The van der Waals surface area contributed by atoms with Crippen LogP contribution in [0.15, 0.2) is 23.1 Å². The number of halogens is 1. The van der Waals surface area contributed by atoms with E-state index in [-0.39, 0.29) is 21.4 Å². The Hall–Kier alpha value is -1.15. The van der Waals surface area contributed by atoms with Crippen molar-refractivity contribution in [1.29, 1.82) is 0 Å². The molecule has 2 aliphatic heterocycles. The molecule has 0 aliphatic carbocycles. The van der Waals surface area contributed by atoms with Crippen molar-refractivity contribution < 1.29 is 13.2 Å². The summed E-state index contributed by atoms with van der Waals surface area (Å²) in [6.45, 7) is 3.83. The Morgan fingerprint density at radius 3 is 2.52 bits per heavy atom. The van der Waals surface area contributed by atoms with Gasteiger partial charge in [-0.3, -0.25) is 4.79 Å². The van der Waals surface area contributed by atoms with Crippen LogP contribution in [0.1, 0.15) is 42.5 Å². The first-order valence-electron chi connectivity index (χ1n) is 9.64. The summed E-state index contributed by atoms with van der Waals surface area (Å²) < 4.78 is 26.9. The average molecular weight is 414 g/mol. The number of sulfonamides is 1. The van der Waals surface area contributed by atoms with E-state index in [0.717, 1.165) is 45.2 Å². The van der Waals surface area contributed by atoms with E-state index >= 15 is 0 Å². The van der Waals surface area contributed by atoms with E-state index in [2.05, 4.69) is 17.3 Å². The molecule has 8 heteroatoms. The molecule has 1 N–H and O–H groups in total. The molecule has 0 bridgehead atoms. The van der Waals surface area contributed by atoms with Gasteiger partial charge in [-0.15, -0.1) is 0 Å². The Balaban J connectivity index is 1.62. The Kier molecular flexibility index (Phi) is 6.78. The topological polar surface area (TPSA) is 69.7 Å². The van der Waals surface area contributed by atoms with E-state index in [4.69, 9.17) is 11.6 Å². The average Bonchev–Trinajstić information content (AvgIpc) is 3.19. The highest BCUT2D eigenvalue weighted by atomic mass is 35.5. The number of benzene rings is 1. The minimum Gasteiger partial charge on any atom is -0.352 e. The van der Waals surface area contributed by atoms with Gasteiger partial charge in [-0.1, -0.05) is 11.6 Å². The predicted molar refractivity (Wildman–Crippen MR) is 107 cm³/mol. The maximum Gasteiger partial charge on any atom is 0.252 e. The predicted octanol–water partition coefficient (Wildman–Crippen LogP) is 2.59. The van der Waals surface area contributed by atoms with Crippen LogP contribution in [0.2, 0.25) is 5.02 Å². The second-order valence-corrected chi connectivity index (χ2v) is 9.89. The number of carbonyl (C=O) groups is 1. The number of nitrogens with one attached hydrogen (secondary N) is 1. The lowest BCUT2D eigenvalue weighted by molar-refractivity contribution is 0.0949. The third-order valence-corrected chi connectivity index (χ3v) is 7.79. The van der Waals surface area contributed by atoms with Gasteiger partial charge >= 0.3 is 0 Å². The van der Waals surface area contributed by atoms with Crippen LogP contribution >= 0.6 is 11.6 Å². The number of hydrogen-bond donors (Lipinski definition) is 1. The lowest BCUT2D eigenvalue weighted by Gasteiger charge is -2.28. The molecule has 0 atom stereocenters. The molecule has 0 aromatic heterocycles. The maximum absolute atomic E-state index is 12.7. The SMILES string of the molecule is CN1CCC(CCNC(=O)c2cc(S(=O)(=O)N3CCCC3)ccc2Cl)CC1. The van der Waals surface area contributed by atoms with Crippen LogP contribution in [-0.4, -0.2) is 63.3 Å². The highest BCUT2D eigenvalue weighted by Gasteiger charge is 2.28. The molecule has 1 aromatic carbocycles. The molecule has 0 radical (unpaired) electrons. The molecule has 0 unspecified atom stereocenters. The molecule has 6 nitrogen and oxygen atoms in total. The zero-order valence-corrected chi connectivity index (χ0v) is 17.4. The van der Waals surface area contributed by atoms with E-state index in [0.29, 0.717) is 25.6 Å². The number of amides is 1. The number of nitrogens with zero attached hydrogens (tertiary/aromatic N) is 2. The minimum atomic E-state index is -3.56. The first-order chi connectivity index (χ1) is 12.9. The van der Waals surface area contributed by atoms with Gasteiger partial charge < -0.3 is 10.2 Å². The maximum atomic E-state index is 12.7. The number of rotatable bonds is 6. The summed E-state index contributed by atoms with van der Waals surface area (Å²) in [7, 11) is -1.44. The number of piperidine rings is 1. The quantitative estimate of drug-likeness (QED) is 0.778. The summed E-state index contributed by atoms with van der Waals surface area (Å²) in [4.78, 5) is 15.0. The van der Waals surface area contributed by atoms with Gasteiger partial charge in [-0.25, -0.2) is 8.42 Å². The van der Waals surface area contributed by atoms with Crippen molar-refractivity contribution >= 4 is 27.5 Å². The van der Waals surface area contributed by atoms with Gasteiger partial charge in [0.15, 0.2) is 0 Å². The first-order valence-corrected chi connectivity index (χ1v) is 11.5. The second kappa shape index (κ2) is 8.90. The van der Waals surface area contributed by atoms with Crippen molar-refractivity contribution in [1.82, 2.24) is 14.5 Å². The van der Waals surface area contributed by atoms with Gasteiger partial charge in [0.1, 0.15) is 0 Å². The minimum absolute atomic E-state index is 0.134. The van der Waals surface area contributed by atoms with Crippen LogP contribution in [-0.2, 0) is 10.0 Å².